The summed E-state index contributed by atoms with van der Waals surface area (Å²) in [5.41, 5.74) is 0.799. The van der Waals surface area contributed by atoms with Crippen LogP contribution in [0.5, 0.6) is 5.75 Å². The number of aryl methyl sites for hydroxylation is 1. The predicted octanol–water partition coefficient (Wildman–Crippen LogP) is 5.07. The van der Waals surface area contributed by atoms with Crippen molar-refractivity contribution in [2.75, 3.05) is 20.1 Å². The minimum Gasteiger partial charge on any atom is -0.422 e. The Kier molecular flexibility index (Phi) is 8.04. The Balaban J connectivity index is 1.64. The molecule has 0 unspecified atom stereocenters. The van der Waals surface area contributed by atoms with Crippen LogP contribution in [0, 0.1) is 18.7 Å². The van der Waals surface area contributed by atoms with E-state index < -0.39 is 23.4 Å². The van der Waals surface area contributed by atoms with Gasteiger partial charge in [0.25, 0.3) is 0 Å². The minimum absolute atomic E-state index is 0.0531. The summed E-state index contributed by atoms with van der Waals surface area (Å²) in [6.07, 6.45) is 0.966. The number of hydrogen-bond acceptors (Lipinski definition) is 6. The van der Waals surface area contributed by atoms with E-state index in [1.807, 2.05) is 7.05 Å². The second kappa shape index (κ2) is 11.4. The number of carbonyl (C=O) groups is 4. The van der Waals surface area contributed by atoms with Crippen molar-refractivity contribution in [1.29, 1.82) is 0 Å². The number of Topliss-reactive ketones (excluding diaryl/α,β-unsaturated/α-hetero) is 2. The molecule has 3 aromatic carbocycles. The van der Waals surface area contributed by atoms with Gasteiger partial charge in [0, 0.05) is 11.5 Å². The lowest BCUT2D eigenvalue weighted by Gasteiger charge is -2.27. The van der Waals surface area contributed by atoms with Gasteiger partial charge >= 0.3 is 5.97 Å². The molecule has 1 heterocycles. The molecule has 4 rings (SSSR count). The minimum atomic E-state index is -0.681. The molecule has 3 aromatic rings. The summed E-state index contributed by atoms with van der Waals surface area (Å²) < 4.78 is 20.0. The number of carbonyl (C=O) groups excluding carboxylic acids is 4. The molecule has 0 N–H and O–H groups in total. The van der Waals surface area contributed by atoms with Crippen LogP contribution in [0.3, 0.4) is 0 Å². The number of nitrogens with zero attached hydrogens (tertiary/aromatic N) is 1. The lowest BCUT2D eigenvalue weighted by Crippen LogP contribution is -2.34. The molecule has 7 heteroatoms. The lowest BCUT2D eigenvalue weighted by atomic mass is 9.88. The molecule has 1 aliphatic heterocycles. The van der Waals surface area contributed by atoms with Gasteiger partial charge in [0.05, 0.1) is 23.1 Å². The van der Waals surface area contributed by atoms with Gasteiger partial charge in [-0.15, -0.1) is 0 Å². The zero-order valence-electron chi connectivity index (χ0n) is 20.8. The summed E-state index contributed by atoms with van der Waals surface area (Å²) in [4.78, 5) is 54.1. The van der Waals surface area contributed by atoms with Crippen LogP contribution in [0.25, 0.3) is 0 Å². The zero-order valence-corrected chi connectivity index (χ0v) is 20.8. The molecule has 0 saturated carbocycles. The SMILES string of the molecule is Cc1ccc(C(=O)c2ccc(OC(=O)c3ccccc3)c(C(=O)CC(=O)C3CCN(C)CC3)c2)c(F)c1. The van der Waals surface area contributed by atoms with Gasteiger partial charge in [-0.05, 0) is 87.9 Å². The molecule has 0 spiro atoms. The van der Waals surface area contributed by atoms with Crippen molar-refractivity contribution in [3.63, 3.8) is 0 Å². The van der Waals surface area contributed by atoms with E-state index in [0.717, 1.165) is 13.1 Å². The summed E-state index contributed by atoms with van der Waals surface area (Å²) in [5, 5.41) is 0. The molecule has 37 heavy (non-hydrogen) atoms. The first-order valence-electron chi connectivity index (χ1n) is 12.2. The maximum atomic E-state index is 14.5. The maximum absolute atomic E-state index is 14.5. The smallest absolute Gasteiger partial charge is 0.343 e. The summed E-state index contributed by atoms with van der Waals surface area (Å²) in [5.74, 6) is -2.99. The third-order valence-corrected chi connectivity index (χ3v) is 6.63. The van der Waals surface area contributed by atoms with Crippen LogP contribution in [0.15, 0.2) is 66.7 Å². The lowest BCUT2D eigenvalue weighted by molar-refractivity contribution is -0.123. The van der Waals surface area contributed by atoms with Crippen LogP contribution >= 0.6 is 0 Å². The Morgan fingerprint density at radius 3 is 2.27 bits per heavy atom. The number of piperidine rings is 1. The fraction of sp³-hybridized carbons (Fsp3) is 0.267. The van der Waals surface area contributed by atoms with Crippen molar-refractivity contribution in [3.8, 4) is 5.75 Å². The molecular weight excluding hydrogens is 473 g/mol. The average Bonchev–Trinajstić information content (AvgIpc) is 2.89. The second-order valence-corrected chi connectivity index (χ2v) is 9.42. The van der Waals surface area contributed by atoms with Crippen molar-refractivity contribution < 1.29 is 28.3 Å². The van der Waals surface area contributed by atoms with E-state index in [4.69, 9.17) is 4.74 Å². The van der Waals surface area contributed by atoms with Crippen LogP contribution in [0.2, 0.25) is 0 Å². The van der Waals surface area contributed by atoms with Gasteiger partial charge in [-0.3, -0.25) is 14.4 Å². The quantitative estimate of drug-likeness (QED) is 0.186. The van der Waals surface area contributed by atoms with E-state index in [9.17, 15) is 23.6 Å². The standard InChI is InChI=1S/C30H28FNO5/c1-19-8-10-23(25(31)16-19)29(35)22-9-11-28(37-30(36)21-6-4-3-5-7-21)24(17-22)27(34)18-26(33)20-12-14-32(2)15-13-20/h3-11,16-17,20H,12-15,18H2,1-2H3. The summed E-state index contributed by atoms with van der Waals surface area (Å²) in [6, 6.07) is 16.5. The zero-order chi connectivity index (χ0) is 26.5. The molecule has 1 fully saturated rings. The van der Waals surface area contributed by atoms with Gasteiger partial charge in [-0.1, -0.05) is 24.3 Å². The molecule has 0 atom stereocenters. The first-order valence-corrected chi connectivity index (χ1v) is 12.2. The number of likely N-dealkylation sites (tertiary alicyclic amines) is 1. The van der Waals surface area contributed by atoms with E-state index in [1.54, 1.807) is 43.3 Å². The number of hydrogen-bond donors (Lipinski definition) is 0. The number of esters is 1. The largest absolute Gasteiger partial charge is 0.422 e. The number of rotatable bonds is 8. The van der Waals surface area contributed by atoms with Gasteiger partial charge in [-0.25, -0.2) is 9.18 Å². The molecule has 1 aliphatic rings. The average molecular weight is 502 g/mol. The highest BCUT2D eigenvalue weighted by atomic mass is 19.1. The maximum Gasteiger partial charge on any atom is 0.343 e. The first kappa shape index (κ1) is 26.1. The highest BCUT2D eigenvalue weighted by molar-refractivity contribution is 6.14. The highest BCUT2D eigenvalue weighted by Gasteiger charge is 2.27. The molecule has 0 aliphatic carbocycles. The van der Waals surface area contributed by atoms with Crippen LogP contribution in [0.4, 0.5) is 4.39 Å². The Bertz CT molecular complexity index is 1340. The monoisotopic (exact) mass is 501 g/mol. The van der Waals surface area contributed by atoms with Crippen LogP contribution < -0.4 is 4.74 Å². The van der Waals surface area contributed by atoms with Crippen LogP contribution in [-0.4, -0.2) is 48.4 Å². The molecule has 190 valence electrons. The molecular formula is C30H28FNO5. The predicted molar refractivity (Wildman–Crippen MR) is 137 cm³/mol. The van der Waals surface area contributed by atoms with Gasteiger partial charge < -0.3 is 9.64 Å². The Morgan fingerprint density at radius 2 is 1.59 bits per heavy atom. The summed E-state index contributed by atoms with van der Waals surface area (Å²) in [7, 11) is 1.98. The summed E-state index contributed by atoms with van der Waals surface area (Å²) in [6.45, 7) is 3.26. The number of benzene rings is 3. The van der Waals surface area contributed by atoms with Crippen molar-refractivity contribution in [2.45, 2.75) is 26.2 Å². The third kappa shape index (κ3) is 6.24. The van der Waals surface area contributed by atoms with E-state index in [-0.39, 0.29) is 46.1 Å². The topological polar surface area (TPSA) is 80.8 Å². The van der Waals surface area contributed by atoms with E-state index in [2.05, 4.69) is 4.90 Å². The number of halogens is 1. The first-order chi connectivity index (χ1) is 17.7. The molecule has 6 nitrogen and oxygen atoms in total. The van der Waals surface area contributed by atoms with E-state index in [0.29, 0.717) is 18.4 Å². The van der Waals surface area contributed by atoms with Crippen molar-refractivity contribution in [1.82, 2.24) is 4.90 Å². The molecule has 0 aromatic heterocycles. The third-order valence-electron chi connectivity index (χ3n) is 6.63. The Hall–Kier alpha value is -3.97. The van der Waals surface area contributed by atoms with Crippen molar-refractivity contribution in [3.05, 3.63) is 100 Å². The molecule has 0 amide bonds. The van der Waals surface area contributed by atoms with E-state index >= 15 is 0 Å². The second-order valence-electron chi connectivity index (χ2n) is 9.42. The van der Waals surface area contributed by atoms with Crippen LogP contribution in [-0.2, 0) is 4.79 Å². The number of ether oxygens (including phenoxy) is 1. The van der Waals surface area contributed by atoms with Gasteiger partial charge in [-0.2, -0.15) is 0 Å². The molecule has 0 bridgehead atoms. The fourth-order valence-corrected chi connectivity index (χ4v) is 4.40. The number of ketones is 3. The van der Waals surface area contributed by atoms with Gasteiger partial charge in [0.2, 0.25) is 0 Å². The Morgan fingerprint density at radius 1 is 0.892 bits per heavy atom. The normalized spacial score (nSPS) is 14.2. The summed E-state index contributed by atoms with van der Waals surface area (Å²) >= 11 is 0. The van der Waals surface area contributed by atoms with E-state index in [1.165, 1.54) is 30.3 Å². The molecule has 1 saturated heterocycles. The highest BCUT2D eigenvalue weighted by Crippen LogP contribution is 2.27. The van der Waals surface area contributed by atoms with Crippen molar-refractivity contribution >= 4 is 23.3 Å². The fourth-order valence-electron chi connectivity index (χ4n) is 4.40. The van der Waals surface area contributed by atoms with Gasteiger partial charge in [0.15, 0.2) is 11.6 Å². The molecule has 0 radical (unpaired) electrons. The van der Waals surface area contributed by atoms with Crippen LogP contribution in [0.1, 0.15) is 61.5 Å². The van der Waals surface area contributed by atoms with Gasteiger partial charge in [0.1, 0.15) is 17.3 Å². The van der Waals surface area contributed by atoms with Crippen molar-refractivity contribution in [2.24, 2.45) is 5.92 Å². The Labute approximate surface area is 215 Å².